The van der Waals surface area contributed by atoms with Crippen molar-refractivity contribution < 1.29 is 4.79 Å². The Morgan fingerprint density at radius 1 is 1.10 bits per heavy atom. The summed E-state index contributed by atoms with van der Waals surface area (Å²) in [7, 11) is 0. The van der Waals surface area contributed by atoms with E-state index in [1.165, 1.54) is 28.6 Å². The molecule has 0 aliphatic heterocycles. The summed E-state index contributed by atoms with van der Waals surface area (Å²) in [6, 6.07) is 15.8. The van der Waals surface area contributed by atoms with Gasteiger partial charge in [-0.2, -0.15) is 5.10 Å². The highest BCUT2D eigenvalue weighted by molar-refractivity contribution is 8.00. The molecule has 0 fully saturated rings. The fraction of sp³-hybridized carbons (Fsp3) is 0.250. The van der Waals surface area contributed by atoms with Crippen molar-refractivity contribution in [2.45, 2.75) is 44.8 Å². The smallest absolute Gasteiger partial charge is 0.253 e. The zero-order valence-corrected chi connectivity index (χ0v) is 19.4. The molecule has 30 heavy (non-hydrogen) atoms. The average Bonchev–Trinajstić information content (AvgIpc) is 2.97. The molecular formula is C24H26ClN3OS. The van der Waals surface area contributed by atoms with Gasteiger partial charge < -0.3 is 4.57 Å². The Hall–Kier alpha value is -2.50. The van der Waals surface area contributed by atoms with Gasteiger partial charge in [0.25, 0.3) is 5.91 Å². The second-order valence-corrected chi connectivity index (χ2v) is 9.20. The second-order valence-electron chi connectivity index (χ2n) is 7.35. The first-order valence-electron chi connectivity index (χ1n) is 9.78. The number of hydrogen-bond acceptors (Lipinski definition) is 3. The quantitative estimate of drug-likeness (QED) is 0.291. The lowest BCUT2D eigenvalue weighted by Crippen LogP contribution is -2.26. The van der Waals surface area contributed by atoms with Crippen molar-refractivity contribution in [3.05, 3.63) is 81.6 Å². The van der Waals surface area contributed by atoms with Gasteiger partial charge in [-0.05, 0) is 76.1 Å². The Morgan fingerprint density at radius 2 is 1.73 bits per heavy atom. The van der Waals surface area contributed by atoms with Crippen molar-refractivity contribution in [3.63, 3.8) is 0 Å². The average molecular weight is 440 g/mol. The number of nitrogens with one attached hydrogen (secondary N) is 1. The highest BCUT2D eigenvalue weighted by Gasteiger charge is 2.15. The van der Waals surface area contributed by atoms with Gasteiger partial charge in [-0.15, -0.1) is 11.8 Å². The molecule has 1 atom stereocenters. The molecule has 3 rings (SSSR count). The molecule has 1 unspecified atom stereocenters. The Labute approximate surface area is 187 Å². The van der Waals surface area contributed by atoms with Crippen LogP contribution in [0, 0.1) is 27.7 Å². The van der Waals surface area contributed by atoms with E-state index in [9.17, 15) is 4.79 Å². The van der Waals surface area contributed by atoms with Crippen LogP contribution in [0.2, 0.25) is 5.02 Å². The van der Waals surface area contributed by atoms with Crippen LogP contribution in [0.15, 0.2) is 58.5 Å². The number of carbonyl (C=O) groups is 1. The monoisotopic (exact) mass is 439 g/mol. The van der Waals surface area contributed by atoms with Gasteiger partial charge in [-0.1, -0.05) is 29.8 Å². The molecule has 4 nitrogen and oxygen atoms in total. The van der Waals surface area contributed by atoms with Gasteiger partial charge >= 0.3 is 0 Å². The third-order valence-electron chi connectivity index (χ3n) is 5.01. The number of rotatable bonds is 6. The van der Waals surface area contributed by atoms with E-state index in [1.807, 2.05) is 31.2 Å². The summed E-state index contributed by atoms with van der Waals surface area (Å²) in [6.07, 6.45) is 1.71. The summed E-state index contributed by atoms with van der Waals surface area (Å²) in [5.41, 5.74) is 9.50. The van der Waals surface area contributed by atoms with Crippen LogP contribution >= 0.6 is 23.4 Å². The fourth-order valence-electron chi connectivity index (χ4n) is 3.45. The number of carbonyl (C=O) groups excluding carboxylic acids is 1. The summed E-state index contributed by atoms with van der Waals surface area (Å²) in [4.78, 5) is 13.4. The van der Waals surface area contributed by atoms with Crippen LogP contribution < -0.4 is 5.43 Å². The molecule has 0 spiro atoms. The predicted octanol–water partition coefficient (Wildman–Crippen LogP) is 6.00. The number of benzene rings is 2. The molecule has 0 aliphatic rings. The molecule has 6 heteroatoms. The topological polar surface area (TPSA) is 46.4 Å². The molecule has 156 valence electrons. The predicted molar refractivity (Wildman–Crippen MR) is 127 cm³/mol. The molecule has 1 N–H and O–H groups in total. The molecule has 0 bridgehead atoms. The minimum Gasteiger partial charge on any atom is -0.317 e. The Balaban J connectivity index is 1.71. The van der Waals surface area contributed by atoms with Gasteiger partial charge in [-0.25, -0.2) is 5.43 Å². The maximum absolute atomic E-state index is 12.4. The largest absolute Gasteiger partial charge is 0.317 e. The number of nitrogens with zero attached hydrogens (tertiary/aromatic N) is 2. The summed E-state index contributed by atoms with van der Waals surface area (Å²) in [5.74, 6) is -0.144. The van der Waals surface area contributed by atoms with Crippen LogP contribution in [0.1, 0.15) is 35.0 Å². The maximum atomic E-state index is 12.4. The van der Waals surface area contributed by atoms with Gasteiger partial charge in [0, 0.05) is 26.9 Å². The normalized spacial score (nSPS) is 12.3. The van der Waals surface area contributed by atoms with Crippen LogP contribution in [0.4, 0.5) is 0 Å². The molecule has 2 aromatic carbocycles. The zero-order valence-electron chi connectivity index (χ0n) is 17.9. The third kappa shape index (κ3) is 4.97. The molecule has 1 heterocycles. The number of aromatic nitrogens is 1. The first-order valence-corrected chi connectivity index (χ1v) is 11.0. The van der Waals surface area contributed by atoms with Crippen molar-refractivity contribution >= 4 is 35.5 Å². The summed E-state index contributed by atoms with van der Waals surface area (Å²) in [6.45, 7) is 10.3. The number of halogens is 1. The van der Waals surface area contributed by atoms with Gasteiger partial charge in [0.1, 0.15) is 0 Å². The van der Waals surface area contributed by atoms with Gasteiger partial charge in [-0.3, -0.25) is 4.79 Å². The van der Waals surface area contributed by atoms with Crippen LogP contribution in [0.5, 0.6) is 0 Å². The molecule has 0 saturated heterocycles. The lowest BCUT2D eigenvalue weighted by molar-refractivity contribution is -0.120. The Morgan fingerprint density at radius 3 is 2.37 bits per heavy atom. The van der Waals surface area contributed by atoms with Crippen molar-refractivity contribution in [2.75, 3.05) is 0 Å². The lowest BCUT2D eigenvalue weighted by Gasteiger charge is -2.15. The summed E-state index contributed by atoms with van der Waals surface area (Å²) < 4.78 is 2.24. The van der Waals surface area contributed by atoms with Gasteiger partial charge in [0.2, 0.25) is 0 Å². The number of hydrazone groups is 1. The van der Waals surface area contributed by atoms with Gasteiger partial charge in [0.15, 0.2) is 0 Å². The van der Waals surface area contributed by atoms with Crippen molar-refractivity contribution in [2.24, 2.45) is 5.10 Å². The third-order valence-corrected chi connectivity index (χ3v) is 6.37. The summed E-state index contributed by atoms with van der Waals surface area (Å²) in [5, 5.41) is 4.61. The Kier molecular flexibility index (Phi) is 7.06. The molecule has 1 amide bonds. The molecule has 0 saturated carbocycles. The lowest BCUT2D eigenvalue weighted by atomic mass is 10.1. The molecule has 0 aliphatic carbocycles. The van der Waals surface area contributed by atoms with Gasteiger partial charge in [0.05, 0.1) is 17.2 Å². The van der Waals surface area contributed by atoms with Crippen molar-refractivity contribution in [1.29, 1.82) is 0 Å². The van der Waals surface area contributed by atoms with Crippen LogP contribution in [0.3, 0.4) is 0 Å². The van der Waals surface area contributed by atoms with Crippen LogP contribution in [-0.2, 0) is 4.79 Å². The highest BCUT2D eigenvalue weighted by Crippen LogP contribution is 2.26. The number of amides is 1. The first kappa shape index (κ1) is 22.2. The SMILES string of the molecule is Cc1cccc(C)c1-n1c(C)cc(/C=N/NC(=O)C(C)Sc2ccc(Cl)cc2)c1C. The highest BCUT2D eigenvalue weighted by atomic mass is 35.5. The Bertz CT molecular complexity index is 1070. The molecule has 1 aromatic heterocycles. The van der Waals surface area contributed by atoms with E-state index in [0.29, 0.717) is 5.02 Å². The number of hydrogen-bond donors (Lipinski definition) is 1. The minimum atomic E-state index is -0.273. The van der Waals surface area contributed by atoms with E-state index in [4.69, 9.17) is 11.6 Å². The minimum absolute atomic E-state index is 0.144. The molecular weight excluding hydrogens is 414 g/mol. The van der Waals surface area contributed by atoms with Crippen LogP contribution in [0.25, 0.3) is 5.69 Å². The number of aryl methyl sites for hydroxylation is 3. The molecule has 3 aromatic rings. The standard InChI is InChI=1S/C24H26ClN3OS/c1-15-7-6-8-16(2)23(15)28-17(3)13-20(18(28)4)14-26-27-24(29)19(5)30-22-11-9-21(25)10-12-22/h6-14,19H,1-5H3,(H,27,29)/b26-14+. The second kappa shape index (κ2) is 9.54. The van der Waals surface area contributed by atoms with E-state index < -0.39 is 0 Å². The fourth-order valence-corrected chi connectivity index (χ4v) is 4.44. The number of para-hydroxylation sites is 1. The van der Waals surface area contributed by atoms with E-state index in [0.717, 1.165) is 21.8 Å². The zero-order chi connectivity index (χ0) is 21.8. The van der Waals surface area contributed by atoms with Crippen molar-refractivity contribution in [1.82, 2.24) is 9.99 Å². The first-order chi connectivity index (χ1) is 14.3. The van der Waals surface area contributed by atoms with Crippen LogP contribution in [-0.4, -0.2) is 21.9 Å². The van der Waals surface area contributed by atoms with E-state index in [-0.39, 0.29) is 11.2 Å². The maximum Gasteiger partial charge on any atom is 0.253 e. The van der Waals surface area contributed by atoms with Crippen molar-refractivity contribution in [3.8, 4) is 5.69 Å². The van der Waals surface area contributed by atoms with E-state index >= 15 is 0 Å². The van der Waals surface area contributed by atoms with E-state index in [2.05, 4.69) is 67.1 Å². The van der Waals surface area contributed by atoms with E-state index in [1.54, 1.807) is 6.21 Å². The number of thioether (sulfide) groups is 1. The summed E-state index contributed by atoms with van der Waals surface area (Å²) >= 11 is 7.38. The molecule has 0 radical (unpaired) electrons.